The number of carbonyl (C=O) groups excluding carboxylic acids is 3. The quantitative estimate of drug-likeness (QED) is 0.391. The molecule has 1 unspecified atom stereocenters. The Hall–Kier alpha value is -3.22. The molecular weight excluding hydrogens is 456 g/mol. The van der Waals surface area contributed by atoms with Crippen LogP contribution >= 0.6 is 22.9 Å². The van der Waals surface area contributed by atoms with E-state index in [1.165, 1.54) is 16.2 Å². The number of amides is 2. The molecule has 2 amide bonds. The van der Waals surface area contributed by atoms with Crippen LogP contribution in [-0.2, 0) is 9.59 Å². The molecule has 4 heterocycles. The van der Waals surface area contributed by atoms with E-state index in [1.807, 2.05) is 52.9 Å². The van der Waals surface area contributed by atoms with Crippen molar-refractivity contribution in [3.8, 4) is 0 Å². The number of anilines is 1. The molecule has 0 saturated carbocycles. The molecule has 0 bridgehead atoms. The first kappa shape index (κ1) is 20.4. The summed E-state index contributed by atoms with van der Waals surface area (Å²) in [6.07, 6.45) is 3.83. The van der Waals surface area contributed by atoms with Crippen LogP contribution in [0.2, 0.25) is 5.02 Å². The van der Waals surface area contributed by atoms with Gasteiger partial charge in [0.1, 0.15) is 6.04 Å². The van der Waals surface area contributed by atoms with E-state index in [9.17, 15) is 14.4 Å². The summed E-state index contributed by atoms with van der Waals surface area (Å²) in [4.78, 5) is 45.2. The van der Waals surface area contributed by atoms with E-state index in [-0.39, 0.29) is 23.6 Å². The minimum absolute atomic E-state index is 0.127. The Morgan fingerprint density at radius 1 is 0.970 bits per heavy atom. The molecule has 0 spiro atoms. The van der Waals surface area contributed by atoms with Crippen LogP contribution < -0.4 is 4.90 Å². The van der Waals surface area contributed by atoms with Gasteiger partial charge in [0.2, 0.25) is 11.8 Å². The molecule has 33 heavy (non-hydrogen) atoms. The highest BCUT2D eigenvalue weighted by Gasteiger charge is 2.64. The predicted molar refractivity (Wildman–Crippen MR) is 128 cm³/mol. The predicted octanol–water partition coefficient (Wildman–Crippen LogP) is 5.11. The van der Waals surface area contributed by atoms with Crippen molar-refractivity contribution in [1.29, 1.82) is 0 Å². The van der Waals surface area contributed by atoms with Gasteiger partial charge in [-0.3, -0.25) is 14.4 Å². The van der Waals surface area contributed by atoms with Gasteiger partial charge in [-0.1, -0.05) is 48.0 Å². The Morgan fingerprint density at radius 2 is 1.76 bits per heavy atom. The fourth-order valence-electron chi connectivity index (χ4n) is 5.50. The lowest BCUT2D eigenvalue weighted by atomic mass is 9.84. The maximum Gasteiger partial charge on any atom is 0.240 e. The molecule has 6 rings (SSSR count). The molecule has 7 heteroatoms. The number of rotatable bonds is 3. The lowest BCUT2D eigenvalue weighted by Gasteiger charge is -2.35. The van der Waals surface area contributed by atoms with Gasteiger partial charge in [-0.05, 0) is 53.3 Å². The Morgan fingerprint density at radius 3 is 2.55 bits per heavy atom. The van der Waals surface area contributed by atoms with Crippen molar-refractivity contribution in [2.45, 2.75) is 19.0 Å². The zero-order valence-electron chi connectivity index (χ0n) is 17.6. The maximum atomic E-state index is 13.9. The lowest BCUT2D eigenvalue weighted by Crippen LogP contribution is -2.44. The van der Waals surface area contributed by atoms with Crippen molar-refractivity contribution in [2.24, 2.45) is 11.8 Å². The number of halogens is 1. The van der Waals surface area contributed by atoms with E-state index >= 15 is 0 Å². The minimum Gasteiger partial charge on any atom is -0.358 e. The molecule has 2 aromatic carbocycles. The molecule has 3 aromatic rings. The van der Waals surface area contributed by atoms with Crippen LogP contribution in [0.5, 0.6) is 0 Å². The number of carbonyl (C=O) groups is 3. The Labute approximate surface area is 199 Å². The molecule has 5 nitrogen and oxygen atoms in total. The highest BCUT2D eigenvalue weighted by atomic mass is 35.5. The van der Waals surface area contributed by atoms with Crippen LogP contribution in [0.1, 0.15) is 32.4 Å². The summed E-state index contributed by atoms with van der Waals surface area (Å²) >= 11 is 7.67. The second-order valence-electron chi connectivity index (χ2n) is 8.57. The zero-order chi connectivity index (χ0) is 22.9. The highest BCUT2D eigenvalue weighted by Crippen LogP contribution is 2.54. The van der Waals surface area contributed by atoms with Crippen LogP contribution in [0.3, 0.4) is 0 Å². The van der Waals surface area contributed by atoms with Gasteiger partial charge in [-0.15, -0.1) is 11.3 Å². The molecule has 1 aromatic heterocycles. The maximum absolute atomic E-state index is 13.9. The first-order chi connectivity index (χ1) is 16.0. The standard InChI is InChI=1S/C26H19ClN2O3S/c1-14-17(27)8-4-9-18(14)29-25(31)20-21(26(29)32)23(24(30)19-10-5-13-33-19)28-12-11-15-6-2-3-7-16(15)22(20)28/h2-13,20-23H,1H3/t20-,21+,22?,23-/m0/s1. The number of thiophene rings is 1. The van der Waals surface area contributed by atoms with Crippen LogP contribution in [-0.4, -0.2) is 28.5 Å². The van der Waals surface area contributed by atoms with Crippen molar-refractivity contribution >= 4 is 52.3 Å². The third-order valence-corrected chi connectivity index (χ3v) is 8.27. The Bertz CT molecular complexity index is 1350. The molecule has 164 valence electrons. The third kappa shape index (κ3) is 2.81. The molecule has 3 aliphatic rings. The van der Waals surface area contributed by atoms with E-state index in [1.54, 1.807) is 31.2 Å². The van der Waals surface area contributed by atoms with Gasteiger partial charge in [0.25, 0.3) is 0 Å². The molecule has 0 N–H and O–H groups in total. The number of nitrogens with zero attached hydrogens (tertiary/aromatic N) is 2. The van der Waals surface area contributed by atoms with E-state index in [2.05, 4.69) is 0 Å². The van der Waals surface area contributed by atoms with Crippen molar-refractivity contribution in [2.75, 3.05) is 4.90 Å². The van der Waals surface area contributed by atoms with E-state index in [0.29, 0.717) is 21.2 Å². The third-order valence-electron chi connectivity index (χ3n) is 6.97. The van der Waals surface area contributed by atoms with E-state index < -0.39 is 17.9 Å². The largest absolute Gasteiger partial charge is 0.358 e. The van der Waals surface area contributed by atoms with Crippen molar-refractivity contribution in [3.05, 3.63) is 92.8 Å². The Balaban J connectivity index is 1.52. The second kappa shape index (κ2) is 7.40. The fourth-order valence-corrected chi connectivity index (χ4v) is 6.36. The first-order valence-electron chi connectivity index (χ1n) is 10.7. The number of Topliss-reactive ketones (excluding diaryl/α,β-unsaturated/α-hetero) is 1. The summed E-state index contributed by atoms with van der Waals surface area (Å²) in [6.45, 7) is 1.80. The van der Waals surface area contributed by atoms with Crippen LogP contribution in [0, 0.1) is 18.8 Å². The van der Waals surface area contributed by atoms with E-state index in [0.717, 1.165) is 11.1 Å². The average molecular weight is 475 g/mol. The summed E-state index contributed by atoms with van der Waals surface area (Å²) in [6, 6.07) is 15.5. The monoisotopic (exact) mass is 474 g/mol. The molecule has 2 saturated heterocycles. The fraction of sp³-hybridized carbons (Fsp3) is 0.192. The smallest absolute Gasteiger partial charge is 0.240 e. The van der Waals surface area contributed by atoms with Crippen molar-refractivity contribution in [3.63, 3.8) is 0 Å². The molecule has 0 radical (unpaired) electrons. The summed E-state index contributed by atoms with van der Waals surface area (Å²) < 4.78 is 0. The number of benzene rings is 2. The lowest BCUT2D eigenvalue weighted by molar-refractivity contribution is -0.123. The molecule has 2 fully saturated rings. The number of imide groups is 1. The van der Waals surface area contributed by atoms with Crippen molar-refractivity contribution < 1.29 is 14.4 Å². The summed E-state index contributed by atoms with van der Waals surface area (Å²) in [5.74, 6) is -2.18. The minimum atomic E-state index is -0.772. The van der Waals surface area contributed by atoms with Gasteiger partial charge in [-0.2, -0.15) is 0 Å². The van der Waals surface area contributed by atoms with Crippen LogP contribution in [0.15, 0.2) is 66.2 Å². The zero-order valence-corrected chi connectivity index (χ0v) is 19.2. The Kier molecular flexibility index (Phi) is 4.57. The average Bonchev–Trinajstić information content (AvgIpc) is 3.52. The topological polar surface area (TPSA) is 57.7 Å². The molecule has 0 aliphatic carbocycles. The molecular formula is C26H19ClN2O3S. The van der Waals surface area contributed by atoms with E-state index in [4.69, 9.17) is 11.6 Å². The van der Waals surface area contributed by atoms with Gasteiger partial charge in [-0.25, -0.2) is 4.90 Å². The van der Waals surface area contributed by atoms with Crippen molar-refractivity contribution in [1.82, 2.24) is 4.90 Å². The number of hydrogen-bond acceptors (Lipinski definition) is 5. The van der Waals surface area contributed by atoms with Crippen LogP contribution in [0.25, 0.3) is 6.08 Å². The number of hydrogen-bond donors (Lipinski definition) is 0. The summed E-state index contributed by atoms with van der Waals surface area (Å²) in [5, 5.41) is 2.34. The molecule has 3 aliphatic heterocycles. The van der Waals surface area contributed by atoms with Gasteiger partial charge in [0.15, 0.2) is 5.78 Å². The van der Waals surface area contributed by atoms with Gasteiger partial charge < -0.3 is 4.90 Å². The highest BCUT2D eigenvalue weighted by molar-refractivity contribution is 7.12. The van der Waals surface area contributed by atoms with Gasteiger partial charge >= 0.3 is 0 Å². The number of ketones is 1. The normalized spacial score (nSPS) is 25.3. The number of fused-ring (bicyclic) bond motifs is 5. The van der Waals surface area contributed by atoms with Gasteiger partial charge in [0.05, 0.1) is 28.4 Å². The summed E-state index contributed by atoms with van der Waals surface area (Å²) in [5.41, 5.74) is 3.12. The SMILES string of the molecule is Cc1c(Cl)cccc1N1C(=O)[C@@H]2[C@H](C1=O)C1c3ccccc3C=CN1[C@@H]2C(=O)c1cccs1. The molecule has 4 atom stereocenters. The van der Waals surface area contributed by atoms with Crippen LogP contribution in [0.4, 0.5) is 5.69 Å². The summed E-state index contributed by atoms with van der Waals surface area (Å²) in [7, 11) is 0. The van der Waals surface area contributed by atoms with Gasteiger partial charge in [0, 0.05) is 11.2 Å². The first-order valence-corrected chi connectivity index (χ1v) is 12.0. The second-order valence-corrected chi connectivity index (χ2v) is 9.93.